The average molecular weight is 347 g/mol. The van der Waals surface area contributed by atoms with Crippen LogP contribution in [0.3, 0.4) is 0 Å². The first-order valence-electron chi connectivity index (χ1n) is 6.41. The molecule has 1 aliphatic heterocycles. The molecule has 0 aliphatic carbocycles. The number of anilines is 1. The molecule has 1 unspecified atom stereocenters. The minimum Gasteiger partial charge on any atom is -0.280 e. The molecular formula is C13H11BrN6O. The van der Waals surface area contributed by atoms with Crippen LogP contribution < -0.4 is 4.90 Å². The number of fused-ring (bicyclic) bond motifs is 1. The molecule has 106 valence electrons. The molecular weight excluding hydrogens is 336 g/mol. The van der Waals surface area contributed by atoms with Gasteiger partial charge in [0.25, 0.3) is 0 Å². The topological polar surface area (TPSA) is 94.9 Å². The lowest BCUT2D eigenvalue weighted by Gasteiger charge is -2.14. The first kappa shape index (κ1) is 13.8. The molecule has 2 aromatic rings. The van der Waals surface area contributed by atoms with Gasteiger partial charge in [0.2, 0.25) is 11.9 Å². The molecule has 0 radical (unpaired) electrons. The van der Waals surface area contributed by atoms with Crippen molar-refractivity contribution in [2.75, 3.05) is 18.0 Å². The molecule has 0 saturated carbocycles. The average Bonchev–Trinajstić information content (AvgIpc) is 2.86. The number of carbonyl (C=O) groups excluding carboxylic acids is 1. The summed E-state index contributed by atoms with van der Waals surface area (Å²) in [5.74, 6) is 0.381. The van der Waals surface area contributed by atoms with E-state index in [1.54, 1.807) is 11.1 Å². The van der Waals surface area contributed by atoms with Gasteiger partial charge in [-0.3, -0.25) is 9.69 Å². The molecule has 1 amide bonds. The van der Waals surface area contributed by atoms with Crippen LogP contribution in [0.15, 0.2) is 34.0 Å². The van der Waals surface area contributed by atoms with Crippen LogP contribution in [-0.4, -0.2) is 29.0 Å². The van der Waals surface area contributed by atoms with Crippen molar-refractivity contribution >= 4 is 38.7 Å². The van der Waals surface area contributed by atoms with E-state index in [9.17, 15) is 4.79 Å². The summed E-state index contributed by atoms with van der Waals surface area (Å²) < 4.78 is 0.917. The number of nitrogens with zero attached hydrogens (tertiary/aromatic N) is 6. The fourth-order valence-corrected chi connectivity index (χ4v) is 2.85. The number of amides is 1. The molecule has 3 rings (SSSR count). The van der Waals surface area contributed by atoms with Crippen molar-refractivity contribution in [3.05, 3.63) is 39.3 Å². The molecule has 1 fully saturated rings. The number of benzene rings is 1. The standard InChI is InChI=1S/C13H11BrN6O/c14-10-2-1-3-11-9(10)6-16-13(18-11)20-7-8(4-12(20)21)5-17-19-15/h1-3,6,8H,4-5,7H2. The maximum atomic E-state index is 12.1. The normalized spacial score (nSPS) is 18.0. The lowest BCUT2D eigenvalue weighted by Crippen LogP contribution is -2.26. The fraction of sp³-hybridized carbons (Fsp3) is 0.308. The molecule has 0 spiro atoms. The van der Waals surface area contributed by atoms with E-state index in [0.717, 1.165) is 15.4 Å². The van der Waals surface area contributed by atoms with Crippen LogP contribution in [0.25, 0.3) is 21.3 Å². The van der Waals surface area contributed by atoms with Crippen molar-refractivity contribution in [3.8, 4) is 0 Å². The highest BCUT2D eigenvalue weighted by atomic mass is 79.9. The van der Waals surface area contributed by atoms with Gasteiger partial charge in [0.05, 0.1) is 5.52 Å². The van der Waals surface area contributed by atoms with Gasteiger partial charge >= 0.3 is 0 Å². The van der Waals surface area contributed by atoms with Crippen LogP contribution >= 0.6 is 15.9 Å². The Hall–Kier alpha value is -2.18. The van der Waals surface area contributed by atoms with Crippen LogP contribution in [0, 0.1) is 5.92 Å². The van der Waals surface area contributed by atoms with Crippen molar-refractivity contribution < 1.29 is 4.79 Å². The Labute approximate surface area is 128 Å². The highest BCUT2D eigenvalue weighted by Crippen LogP contribution is 2.26. The molecule has 1 aromatic heterocycles. The summed E-state index contributed by atoms with van der Waals surface area (Å²) in [4.78, 5) is 25.1. The Balaban J connectivity index is 1.90. The van der Waals surface area contributed by atoms with E-state index >= 15 is 0 Å². The summed E-state index contributed by atoms with van der Waals surface area (Å²) in [6.07, 6.45) is 2.06. The maximum absolute atomic E-state index is 12.1. The predicted octanol–water partition coefficient (Wildman–Crippen LogP) is 3.06. The summed E-state index contributed by atoms with van der Waals surface area (Å²) >= 11 is 3.45. The third-order valence-corrected chi connectivity index (χ3v) is 4.10. The Kier molecular flexibility index (Phi) is 3.72. The molecule has 1 aliphatic rings. The second kappa shape index (κ2) is 5.67. The Bertz CT molecular complexity index is 757. The van der Waals surface area contributed by atoms with E-state index in [-0.39, 0.29) is 11.8 Å². The second-order valence-corrected chi connectivity index (χ2v) is 5.68. The van der Waals surface area contributed by atoms with Gasteiger partial charge in [-0.25, -0.2) is 9.97 Å². The minimum atomic E-state index is -0.0394. The van der Waals surface area contributed by atoms with E-state index in [0.29, 0.717) is 25.5 Å². The van der Waals surface area contributed by atoms with E-state index in [1.165, 1.54) is 0 Å². The number of azide groups is 1. The molecule has 1 saturated heterocycles. The Morgan fingerprint density at radius 1 is 1.52 bits per heavy atom. The number of hydrogen-bond donors (Lipinski definition) is 0. The van der Waals surface area contributed by atoms with Gasteiger partial charge in [0.1, 0.15) is 0 Å². The summed E-state index contributed by atoms with van der Waals surface area (Å²) in [5.41, 5.74) is 9.13. The highest BCUT2D eigenvalue weighted by molar-refractivity contribution is 9.10. The third kappa shape index (κ3) is 2.68. The number of hydrogen-bond acceptors (Lipinski definition) is 4. The smallest absolute Gasteiger partial charge is 0.232 e. The number of aromatic nitrogens is 2. The molecule has 7 nitrogen and oxygen atoms in total. The molecule has 21 heavy (non-hydrogen) atoms. The van der Waals surface area contributed by atoms with Crippen LogP contribution in [-0.2, 0) is 4.79 Å². The van der Waals surface area contributed by atoms with Gasteiger partial charge in [-0.2, -0.15) is 0 Å². The molecule has 1 aromatic carbocycles. The maximum Gasteiger partial charge on any atom is 0.232 e. The zero-order valence-electron chi connectivity index (χ0n) is 11.0. The third-order valence-electron chi connectivity index (χ3n) is 3.41. The molecule has 2 heterocycles. The Morgan fingerprint density at radius 2 is 2.38 bits per heavy atom. The highest BCUT2D eigenvalue weighted by Gasteiger charge is 2.31. The Morgan fingerprint density at radius 3 is 3.19 bits per heavy atom. The quantitative estimate of drug-likeness (QED) is 0.485. The first-order chi connectivity index (χ1) is 10.2. The molecule has 1 atom stereocenters. The van der Waals surface area contributed by atoms with Crippen molar-refractivity contribution in [3.63, 3.8) is 0 Å². The zero-order valence-corrected chi connectivity index (χ0v) is 12.6. The predicted molar refractivity (Wildman–Crippen MR) is 81.7 cm³/mol. The first-order valence-corrected chi connectivity index (χ1v) is 7.21. The minimum absolute atomic E-state index is 0.0233. The number of carbonyl (C=O) groups is 1. The van der Waals surface area contributed by atoms with Crippen LogP contribution in [0.2, 0.25) is 0 Å². The van der Waals surface area contributed by atoms with Gasteiger partial charge in [-0.05, 0) is 23.6 Å². The molecule has 0 N–H and O–H groups in total. The number of halogens is 1. The van der Waals surface area contributed by atoms with Gasteiger partial charge in [0.15, 0.2) is 0 Å². The van der Waals surface area contributed by atoms with Crippen molar-refractivity contribution in [2.45, 2.75) is 6.42 Å². The largest absolute Gasteiger partial charge is 0.280 e. The summed E-state index contributed by atoms with van der Waals surface area (Å²) in [5, 5.41) is 4.43. The van der Waals surface area contributed by atoms with Crippen LogP contribution in [0.1, 0.15) is 6.42 Å². The van der Waals surface area contributed by atoms with Gasteiger partial charge < -0.3 is 0 Å². The molecule has 8 heteroatoms. The van der Waals surface area contributed by atoms with Gasteiger partial charge in [0, 0.05) is 40.5 Å². The van der Waals surface area contributed by atoms with E-state index in [4.69, 9.17) is 5.53 Å². The zero-order chi connectivity index (χ0) is 14.8. The fourth-order valence-electron chi connectivity index (χ4n) is 2.39. The van der Waals surface area contributed by atoms with Gasteiger partial charge in [-0.15, -0.1) is 0 Å². The lowest BCUT2D eigenvalue weighted by molar-refractivity contribution is -0.117. The van der Waals surface area contributed by atoms with E-state index < -0.39 is 0 Å². The van der Waals surface area contributed by atoms with Crippen molar-refractivity contribution in [2.24, 2.45) is 11.0 Å². The van der Waals surface area contributed by atoms with E-state index in [1.807, 2.05) is 18.2 Å². The van der Waals surface area contributed by atoms with Crippen molar-refractivity contribution in [1.82, 2.24) is 9.97 Å². The van der Waals surface area contributed by atoms with Crippen molar-refractivity contribution in [1.29, 1.82) is 0 Å². The number of rotatable bonds is 3. The molecule has 0 bridgehead atoms. The summed E-state index contributed by atoms with van der Waals surface area (Å²) in [6, 6.07) is 5.69. The monoisotopic (exact) mass is 346 g/mol. The second-order valence-electron chi connectivity index (χ2n) is 4.83. The van der Waals surface area contributed by atoms with Gasteiger partial charge in [-0.1, -0.05) is 27.1 Å². The van der Waals surface area contributed by atoms with E-state index in [2.05, 4.69) is 35.9 Å². The summed E-state index contributed by atoms with van der Waals surface area (Å²) in [7, 11) is 0. The summed E-state index contributed by atoms with van der Waals surface area (Å²) in [6.45, 7) is 0.801. The SMILES string of the molecule is [N-]=[N+]=NCC1CC(=O)N(c2ncc3c(Br)cccc3n2)C1. The van der Waals surface area contributed by atoms with Crippen LogP contribution in [0.5, 0.6) is 0 Å². The lowest BCUT2D eigenvalue weighted by atomic mass is 10.1. The van der Waals surface area contributed by atoms with Crippen LogP contribution in [0.4, 0.5) is 5.95 Å².